The Morgan fingerprint density at radius 1 is 0.613 bits per heavy atom. The van der Waals surface area contributed by atoms with Crippen molar-refractivity contribution in [3.63, 3.8) is 0 Å². The van der Waals surface area contributed by atoms with Crippen molar-refractivity contribution in [3.05, 3.63) is 109 Å². The summed E-state index contributed by atoms with van der Waals surface area (Å²) in [5.41, 5.74) is 1.56. The van der Waals surface area contributed by atoms with E-state index in [1.165, 1.54) is 0 Å². The molecule has 0 heterocycles. The zero-order chi connectivity index (χ0) is 21.7. The van der Waals surface area contributed by atoms with Gasteiger partial charge in [0.2, 0.25) is 0 Å². The van der Waals surface area contributed by atoms with Crippen molar-refractivity contribution in [3.8, 4) is 0 Å². The molecule has 0 spiro atoms. The van der Waals surface area contributed by atoms with Gasteiger partial charge in [-0.2, -0.15) is 0 Å². The summed E-state index contributed by atoms with van der Waals surface area (Å²) >= 11 is 3.20. The van der Waals surface area contributed by atoms with Crippen LogP contribution in [-0.4, -0.2) is 8.42 Å². The summed E-state index contributed by atoms with van der Waals surface area (Å²) in [4.78, 5) is 4.37. The van der Waals surface area contributed by atoms with E-state index in [9.17, 15) is 8.42 Å². The molecule has 0 aliphatic heterocycles. The van der Waals surface area contributed by atoms with Gasteiger partial charge in [-0.05, 0) is 61.5 Å². The minimum atomic E-state index is -3.68. The first-order chi connectivity index (χ1) is 15.0. The Bertz CT molecular complexity index is 1200. The average molecular weight is 464 g/mol. The van der Waals surface area contributed by atoms with Crippen LogP contribution >= 0.6 is 23.5 Å². The van der Waals surface area contributed by atoms with Crippen molar-refractivity contribution >= 4 is 39.2 Å². The Morgan fingerprint density at radius 2 is 1.10 bits per heavy atom. The molecule has 4 aromatic rings. The summed E-state index contributed by atoms with van der Waals surface area (Å²) in [5.74, 6) is 0. The van der Waals surface area contributed by atoms with Gasteiger partial charge in [0.25, 0.3) is 10.0 Å². The summed E-state index contributed by atoms with van der Waals surface area (Å²) in [5, 5.41) is 0. The molecule has 31 heavy (non-hydrogen) atoms. The maximum absolute atomic E-state index is 12.9. The molecule has 0 atom stereocenters. The number of hydrogen-bond donors (Lipinski definition) is 1. The smallest absolute Gasteiger partial charge is 0.261 e. The van der Waals surface area contributed by atoms with Crippen molar-refractivity contribution in [2.75, 3.05) is 4.72 Å². The zero-order valence-corrected chi connectivity index (χ0v) is 19.3. The summed E-state index contributed by atoms with van der Waals surface area (Å²) < 4.78 is 28.6. The maximum Gasteiger partial charge on any atom is 0.261 e. The first-order valence-electron chi connectivity index (χ1n) is 9.68. The Morgan fingerprint density at radius 3 is 1.58 bits per heavy atom. The Balaban J connectivity index is 1.67. The van der Waals surface area contributed by atoms with Crippen molar-refractivity contribution in [1.29, 1.82) is 0 Å². The van der Waals surface area contributed by atoms with Crippen LogP contribution in [0.4, 0.5) is 5.69 Å². The fraction of sp³-hybridized carbons (Fsp3) is 0.0400. The van der Waals surface area contributed by atoms with Crippen molar-refractivity contribution in [2.45, 2.75) is 31.4 Å². The fourth-order valence-corrected chi connectivity index (χ4v) is 5.92. The molecule has 0 aliphatic carbocycles. The second-order valence-corrected chi connectivity index (χ2v) is 10.9. The third-order valence-electron chi connectivity index (χ3n) is 4.42. The molecule has 0 amide bonds. The lowest BCUT2D eigenvalue weighted by Crippen LogP contribution is -2.13. The van der Waals surface area contributed by atoms with Gasteiger partial charge < -0.3 is 0 Å². The zero-order valence-electron chi connectivity index (χ0n) is 16.9. The van der Waals surface area contributed by atoms with Gasteiger partial charge in [0.05, 0.1) is 10.6 Å². The first-order valence-corrected chi connectivity index (χ1v) is 12.8. The number of hydrogen-bond acceptors (Lipinski definition) is 4. The molecule has 0 saturated carbocycles. The van der Waals surface area contributed by atoms with Gasteiger partial charge >= 0.3 is 0 Å². The highest BCUT2D eigenvalue weighted by molar-refractivity contribution is 8.00. The molecule has 4 aromatic carbocycles. The van der Waals surface area contributed by atoms with E-state index in [4.69, 9.17) is 0 Å². The van der Waals surface area contributed by atoms with Gasteiger partial charge in [-0.25, -0.2) is 8.42 Å². The maximum atomic E-state index is 12.9. The largest absolute Gasteiger partial charge is 0.280 e. The van der Waals surface area contributed by atoms with Crippen molar-refractivity contribution < 1.29 is 8.42 Å². The molecule has 0 radical (unpaired) electrons. The Hall–Kier alpha value is -2.67. The average Bonchev–Trinajstić information content (AvgIpc) is 2.75. The summed E-state index contributed by atoms with van der Waals surface area (Å²) in [6, 6.07) is 32.8. The van der Waals surface area contributed by atoms with Gasteiger partial charge in [0.15, 0.2) is 0 Å². The lowest BCUT2D eigenvalue weighted by atomic mass is 10.2. The first kappa shape index (κ1) is 21.6. The van der Waals surface area contributed by atoms with Gasteiger partial charge in [-0.3, -0.25) is 4.72 Å². The molecule has 0 saturated heterocycles. The number of nitrogens with one attached hydrogen (secondary N) is 1. The highest BCUT2D eigenvalue weighted by Crippen LogP contribution is 2.36. The number of sulfonamides is 1. The molecule has 0 aliphatic rings. The van der Waals surface area contributed by atoms with Crippen LogP contribution in [0.15, 0.2) is 128 Å². The molecular formula is C25H21NO2S3. The number of anilines is 1. The second-order valence-electron chi connectivity index (χ2n) is 6.94. The quantitative estimate of drug-likeness (QED) is 0.317. The topological polar surface area (TPSA) is 46.2 Å². The fourth-order valence-electron chi connectivity index (χ4n) is 2.93. The third kappa shape index (κ3) is 5.94. The molecule has 6 heteroatoms. The van der Waals surface area contributed by atoms with Crippen LogP contribution in [0.25, 0.3) is 0 Å². The van der Waals surface area contributed by atoms with E-state index in [1.807, 2.05) is 79.7 Å². The van der Waals surface area contributed by atoms with Crippen LogP contribution in [0.5, 0.6) is 0 Å². The minimum absolute atomic E-state index is 0.247. The Labute approximate surface area is 192 Å². The summed E-state index contributed by atoms with van der Waals surface area (Å²) in [6.45, 7) is 1.93. The molecule has 0 unspecified atom stereocenters. The number of benzene rings is 4. The van der Waals surface area contributed by atoms with E-state index in [-0.39, 0.29) is 4.90 Å². The van der Waals surface area contributed by atoms with Crippen molar-refractivity contribution in [2.24, 2.45) is 0 Å². The number of aryl methyl sites for hydroxylation is 1. The lowest BCUT2D eigenvalue weighted by Gasteiger charge is -2.12. The SMILES string of the molecule is Cc1ccc(S(=O)(=O)Nc2cc(Sc3ccccc3)cc(Sc3ccccc3)c2)cc1. The molecule has 3 nitrogen and oxygen atoms in total. The molecule has 0 fully saturated rings. The second kappa shape index (κ2) is 9.64. The van der Waals surface area contributed by atoms with E-state index >= 15 is 0 Å². The van der Waals surface area contributed by atoms with Crippen molar-refractivity contribution in [1.82, 2.24) is 0 Å². The van der Waals surface area contributed by atoms with Crippen LogP contribution in [0.2, 0.25) is 0 Å². The molecule has 1 N–H and O–H groups in total. The van der Waals surface area contributed by atoms with Gasteiger partial charge in [0, 0.05) is 19.6 Å². The van der Waals surface area contributed by atoms with E-state index in [0.29, 0.717) is 5.69 Å². The predicted molar refractivity (Wildman–Crippen MR) is 130 cm³/mol. The minimum Gasteiger partial charge on any atom is -0.280 e. The molecule has 0 aromatic heterocycles. The van der Waals surface area contributed by atoms with Crippen LogP contribution in [0, 0.1) is 6.92 Å². The number of rotatable bonds is 7. The summed E-state index contributed by atoms with van der Waals surface area (Å²) in [6.07, 6.45) is 0. The highest BCUT2D eigenvalue weighted by Gasteiger charge is 2.15. The van der Waals surface area contributed by atoms with E-state index in [2.05, 4.69) is 10.8 Å². The van der Waals surface area contributed by atoms with Gasteiger partial charge in [0.1, 0.15) is 0 Å². The molecular weight excluding hydrogens is 442 g/mol. The Kier molecular flexibility index (Phi) is 6.70. The van der Waals surface area contributed by atoms with Gasteiger partial charge in [-0.15, -0.1) is 0 Å². The normalized spacial score (nSPS) is 11.3. The van der Waals surface area contributed by atoms with Crippen LogP contribution in [0.3, 0.4) is 0 Å². The molecule has 0 bridgehead atoms. The summed E-state index contributed by atoms with van der Waals surface area (Å²) in [7, 11) is -3.68. The molecule has 156 valence electrons. The highest BCUT2D eigenvalue weighted by atomic mass is 32.2. The monoisotopic (exact) mass is 463 g/mol. The molecule has 4 rings (SSSR count). The standard InChI is InChI=1S/C25H21NO2S3/c1-19-12-14-25(15-13-19)31(27,28)26-20-16-23(29-21-8-4-2-5-9-21)18-24(17-20)30-22-10-6-3-7-11-22/h2-18,26H,1H3. The predicted octanol–water partition coefficient (Wildman–Crippen LogP) is 7.10. The van der Waals surface area contributed by atoms with Crippen LogP contribution in [-0.2, 0) is 10.0 Å². The van der Waals surface area contributed by atoms with E-state index in [1.54, 1.807) is 47.8 Å². The van der Waals surface area contributed by atoms with Gasteiger partial charge in [-0.1, -0.05) is 77.6 Å². The van der Waals surface area contributed by atoms with Crippen LogP contribution in [0.1, 0.15) is 5.56 Å². The third-order valence-corrected chi connectivity index (χ3v) is 7.78. The van der Waals surface area contributed by atoms with E-state index in [0.717, 1.165) is 25.1 Å². The van der Waals surface area contributed by atoms with E-state index < -0.39 is 10.0 Å². The van der Waals surface area contributed by atoms with Crippen LogP contribution < -0.4 is 4.72 Å². The lowest BCUT2D eigenvalue weighted by molar-refractivity contribution is 0.601.